The number of likely N-dealkylation sites (N-methyl/N-ethyl adjacent to an activating group) is 1. The summed E-state index contributed by atoms with van der Waals surface area (Å²) in [6, 6.07) is 10.2. The van der Waals surface area contributed by atoms with Crippen molar-refractivity contribution in [1.82, 2.24) is 0 Å². The zero-order chi connectivity index (χ0) is 18.8. The van der Waals surface area contributed by atoms with Crippen molar-refractivity contribution in [3.8, 4) is 0 Å². The maximum Gasteiger partial charge on any atom is 0.251 e. The molecular formula is C19H15BrClN3O2. The molecule has 1 aliphatic heterocycles. The van der Waals surface area contributed by atoms with E-state index in [9.17, 15) is 9.59 Å². The molecule has 0 saturated heterocycles. The Morgan fingerprint density at radius 1 is 1.31 bits per heavy atom. The van der Waals surface area contributed by atoms with Gasteiger partial charge in [-0.2, -0.15) is 4.99 Å². The van der Waals surface area contributed by atoms with Crippen molar-refractivity contribution >= 4 is 56.6 Å². The van der Waals surface area contributed by atoms with E-state index in [4.69, 9.17) is 16.6 Å². The number of carbonyl (C=O) groups excluding carboxylic acids is 2. The summed E-state index contributed by atoms with van der Waals surface area (Å²) in [4.78, 5) is 33.6. The quantitative estimate of drug-likeness (QED) is 0.523. The number of nitrogens with zero attached hydrogens (tertiary/aromatic N) is 3. The fraction of sp³-hybridized carbons (Fsp3) is 0.211. The first kappa shape index (κ1) is 18.5. The third kappa shape index (κ3) is 3.12. The number of anilines is 1. The zero-order valence-corrected chi connectivity index (χ0v) is 16.5. The van der Waals surface area contributed by atoms with Gasteiger partial charge in [0.25, 0.3) is 5.91 Å². The van der Waals surface area contributed by atoms with Gasteiger partial charge >= 0.3 is 0 Å². The molecule has 1 unspecified atom stereocenters. The predicted octanol–water partition coefficient (Wildman–Crippen LogP) is 4.66. The van der Waals surface area contributed by atoms with Crippen LogP contribution in [0.2, 0.25) is 5.02 Å². The molecule has 1 aliphatic rings. The van der Waals surface area contributed by atoms with Crippen molar-refractivity contribution < 1.29 is 9.59 Å². The van der Waals surface area contributed by atoms with Crippen molar-refractivity contribution in [1.29, 1.82) is 0 Å². The number of isocyanates is 1. The highest BCUT2D eigenvalue weighted by Crippen LogP contribution is 2.40. The molecule has 2 aromatic carbocycles. The van der Waals surface area contributed by atoms with Gasteiger partial charge in [-0.05, 0) is 40.5 Å². The summed E-state index contributed by atoms with van der Waals surface area (Å²) < 4.78 is 0.563. The number of carbonyl (C=O) groups is 1. The molecule has 0 bridgehead atoms. The van der Waals surface area contributed by atoms with E-state index in [1.165, 1.54) is 0 Å². The summed E-state index contributed by atoms with van der Waals surface area (Å²) in [7, 11) is 1.71. The molecule has 26 heavy (non-hydrogen) atoms. The minimum Gasteiger partial charge on any atom is -0.313 e. The summed E-state index contributed by atoms with van der Waals surface area (Å²) >= 11 is 9.93. The Bertz CT molecular complexity index is 967. The van der Waals surface area contributed by atoms with Crippen molar-refractivity contribution in [3.05, 3.63) is 57.0 Å². The molecule has 7 heteroatoms. The Balaban J connectivity index is 2.40. The van der Waals surface area contributed by atoms with Crippen LogP contribution in [0.25, 0.3) is 0 Å². The molecule has 1 atom stereocenters. The fourth-order valence-electron chi connectivity index (χ4n) is 2.94. The minimum atomic E-state index is -0.524. The number of fused-ring (bicyclic) bond motifs is 1. The second kappa shape index (κ2) is 7.54. The zero-order valence-electron chi connectivity index (χ0n) is 14.2. The number of hydrogen-bond donors (Lipinski definition) is 0. The number of aliphatic imine (C=N–C) groups is 2. The minimum absolute atomic E-state index is 0.102. The number of rotatable bonds is 3. The van der Waals surface area contributed by atoms with Crippen LogP contribution in [0.1, 0.15) is 24.5 Å². The molecule has 0 N–H and O–H groups in total. The van der Waals surface area contributed by atoms with E-state index in [0.717, 1.165) is 0 Å². The highest BCUT2D eigenvalue weighted by atomic mass is 79.9. The summed E-state index contributed by atoms with van der Waals surface area (Å²) in [6.07, 6.45) is 2.11. The number of benzodiazepines with no additional fused rings is 1. The van der Waals surface area contributed by atoms with Crippen LogP contribution >= 0.6 is 27.5 Å². The lowest BCUT2D eigenvalue weighted by atomic mass is 9.99. The van der Waals surface area contributed by atoms with Gasteiger partial charge in [-0.1, -0.05) is 36.7 Å². The molecule has 2 aromatic rings. The normalized spacial score (nSPS) is 16.5. The maximum atomic E-state index is 12.8. The number of hydrogen-bond acceptors (Lipinski definition) is 4. The van der Waals surface area contributed by atoms with Crippen molar-refractivity contribution in [2.75, 3.05) is 11.9 Å². The molecule has 0 fully saturated rings. The molecule has 5 nitrogen and oxygen atoms in total. The smallest absolute Gasteiger partial charge is 0.251 e. The first-order valence-electron chi connectivity index (χ1n) is 8.00. The largest absolute Gasteiger partial charge is 0.313 e. The third-order valence-corrected chi connectivity index (χ3v) is 5.41. The van der Waals surface area contributed by atoms with Gasteiger partial charge < -0.3 is 4.90 Å². The topological polar surface area (TPSA) is 62.1 Å². The Morgan fingerprint density at radius 3 is 2.69 bits per heavy atom. The molecule has 1 amide bonds. The summed E-state index contributed by atoms with van der Waals surface area (Å²) in [5, 5.41) is 0.528. The van der Waals surface area contributed by atoms with Gasteiger partial charge in [-0.15, -0.1) is 0 Å². The van der Waals surface area contributed by atoms with Crippen LogP contribution in [0, 0.1) is 0 Å². The van der Waals surface area contributed by atoms with Crippen LogP contribution in [-0.4, -0.2) is 30.8 Å². The van der Waals surface area contributed by atoms with Crippen LogP contribution in [0.5, 0.6) is 0 Å². The van der Waals surface area contributed by atoms with Crippen molar-refractivity contribution in [2.24, 2.45) is 9.98 Å². The van der Waals surface area contributed by atoms with E-state index in [-0.39, 0.29) is 5.91 Å². The van der Waals surface area contributed by atoms with Crippen LogP contribution in [0.15, 0.2) is 50.9 Å². The second-order valence-electron chi connectivity index (χ2n) is 5.77. The second-order valence-corrected chi connectivity index (χ2v) is 6.97. The lowest BCUT2D eigenvalue weighted by molar-refractivity contribution is -0.119. The molecule has 0 aromatic heterocycles. The number of halogens is 2. The molecule has 132 valence electrons. The van der Waals surface area contributed by atoms with Gasteiger partial charge in [-0.25, -0.2) is 4.79 Å². The van der Waals surface area contributed by atoms with E-state index in [1.807, 2.05) is 25.1 Å². The Hall–Kier alpha value is -2.27. The van der Waals surface area contributed by atoms with E-state index in [1.54, 1.807) is 36.2 Å². The third-order valence-electron chi connectivity index (χ3n) is 4.28. The van der Waals surface area contributed by atoms with Crippen molar-refractivity contribution in [2.45, 2.75) is 19.4 Å². The summed E-state index contributed by atoms with van der Waals surface area (Å²) in [6.45, 7) is 1.91. The maximum absolute atomic E-state index is 12.8. The van der Waals surface area contributed by atoms with E-state index in [2.05, 4.69) is 20.9 Å². The van der Waals surface area contributed by atoms with Gasteiger partial charge in [0.05, 0.1) is 21.6 Å². The Labute approximate surface area is 164 Å². The average Bonchev–Trinajstić information content (AvgIpc) is 2.74. The number of benzene rings is 2. The fourth-order valence-corrected chi connectivity index (χ4v) is 3.77. The molecule has 0 radical (unpaired) electrons. The predicted molar refractivity (Wildman–Crippen MR) is 107 cm³/mol. The first-order chi connectivity index (χ1) is 12.5. The standard InChI is InChI=1S/C19H15BrClN3O2/c1-3-13-19(26)24(2)15-9-8-14(22-10-25)17(20)16(15)18(23-13)11-6-4-5-7-12(11)21/h4-9,13H,3H2,1-2H3. The monoisotopic (exact) mass is 431 g/mol. The highest BCUT2D eigenvalue weighted by Gasteiger charge is 2.31. The summed E-state index contributed by atoms with van der Waals surface area (Å²) in [5.74, 6) is -0.102. The van der Waals surface area contributed by atoms with Crippen molar-refractivity contribution in [3.63, 3.8) is 0 Å². The average molecular weight is 433 g/mol. The van der Waals surface area contributed by atoms with Gasteiger partial charge in [-0.3, -0.25) is 9.79 Å². The molecule has 1 heterocycles. The van der Waals surface area contributed by atoms with Crippen LogP contribution in [-0.2, 0) is 9.59 Å². The first-order valence-corrected chi connectivity index (χ1v) is 9.17. The SMILES string of the molecule is CCC1N=C(c2ccccc2Cl)c2c(ccc(N=C=O)c2Br)N(C)C1=O. The van der Waals surface area contributed by atoms with Gasteiger partial charge in [0, 0.05) is 23.2 Å². The lowest BCUT2D eigenvalue weighted by Gasteiger charge is -2.21. The number of amides is 1. The molecular weight excluding hydrogens is 418 g/mol. The van der Waals surface area contributed by atoms with Crippen LogP contribution < -0.4 is 4.90 Å². The van der Waals surface area contributed by atoms with E-state index < -0.39 is 6.04 Å². The van der Waals surface area contributed by atoms with Gasteiger partial charge in [0.1, 0.15) is 6.04 Å². The van der Waals surface area contributed by atoms with Crippen LogP contribution in [0.3, 0.4) is 0 Å². The Morgan fingerprint density at radius 2 is 2.04 bits per heavy atom. The van der Waals surface area contributed by atoms with Gasteiger partial charge in [0.2, 0.25) is 6.08 Å². The molecule has 3 rings (SSSR count). The Kier molecular flexibility index (Phi) is 5.37. The van der Waals surface area contributed by atoms with E-state index >= 15 is 0 Å². The molecule has 0 aliphatic carbocycles. The lowest BCUT2D eigenvalue weighted by Crippen LogP contribution is -2.34. The summed E-state index contributed by atoms with van der Waals surface area (Å²) in [5.41, 5.74) is 3.05. The highest BCUT2D eigenvalue weighted by molar-refractivity contribution is 9.10. The molecule has 0 spiro atoms. The van der Waals surface area contributed by atoms with Crippen LogP contribution in [0.4, 0.5) is 11.4 Å². The van der Waals surface area contributed by atoms with Gasteiger partial charge in [0.15, 0.2) is 0 Å². The van der Waals surface area contributed by atoms with E-state index in [0.29, 0.717) is 44.1 Å². The molecule has 0 saturated carbocycles.